The fraction of sp³-hybridized carbons (Fsp3) is 0.316. The number of aryl methyl sites for hydroxylation is 2. The molecule has 4 rings (SSSR count). The average Bonchev–Trinajstić information content (AvgIpc) is 3.06. The minimum atomic E-state index is -4.18. The summed E-state index contributed by atoms with van der Waals surface area (Å²) in [5, 5.41) is 3.02. The second-order valence-electron chi connectivity index (χ2n) is 11.6. The topological polar surface area (TPSA) is 96.0 Å². The highest BCUT2D eigenvalue weighted by Gasteiger charge is 2.34. The molecule has 0 bridgehead atoms. The van der Waals surface area contributed by atoms with E-state index in [1.165, 1.54) is 4.90 Å². The second-order valence-corrected chi connectivity index (χ2v) is 13.5. The Kier molecular flexibility index (Phi) is 12.6. The summed E-state index contributed by atoms with van der Waals surface area (Å²) in [4.78, 5) is 30.1. The van der Waals surface area contributed by atoms with E-state index >= 15 is 0 Å². The zero-order valence-corrected chi connectivity index (χ0v) is 28.5. The van der Waals surface area contributed by atoms with Crippen LogP contribution in [-0.2, 0) is 32.6 Å². The lowest BCUT2D eigenvalue weighted by Gasteiger charge is -2.34. The van der Waals surface area contributed by atoms with Crippen LogP contribution in [0.3, 0.4) is 0 Å². The van der Waals surface area contributed by atoms with Gasteiger partial charge in [0.25, 0.3) is 10.0 Å². The molecule has 0 aromatic heterocycles. The van der Waals surface area contributed by atoms with Crippen molar-refractivity contribution in [2.24, 2.45) is 0 Å². The summed E-state index contributed by atoms with van der Waals surface area (Å²) < 4.78 is 35.2. The van der Waals surface area contributed by atoms with Crippen LogP contribution in [0.15, 0.2) is 108 Å². The van der Waals surface area contributed by atoms with Crippen LogP contribution in [0.1, 0.15) is 48.9 Å². The van der Waals surface area contributed by atoms with Crippen LogP contribution in [0.4, 0.5) is 5.69 Å². The number of unbranched alkanes of at least 4 members (excludes halogenated alkanes) is 1. The van der Waals surface area contributed by atoms with E-state index in [9.17, 15) is 18.0 Å². The third-order valence-electron chi connectivity index (χ3n) is 7.86. The van der Waals surface area contributed by atoms with E-state index < -0.39 is 28.5 Å². The number of carbonyl (C=O) groups is 2. The molecular formula is C38H45N3O5S. The van der Waals surface area contributed by atoms with Gasteiger partial charge in [-0.25, -0.2) is 8.42 Å². The Hall–Kier alpha value is -4.63. The van der Waals surface area contributed by atoms with Gasteiger partial charge in [0, 0.05) is 19.5 Å². The summed E-state index contributed by atoms with van der Waals surface area (Å²) in [6.07, 6.45) is 1.98. The lowest BCUT2D eigenvalue weighted by atomic mass is 10.0. The SMILES string of the molecule is CCCCNC(=O)C(Cc1ccccc1)N(Cc1cccc(C)c1)C(=O)CN(c1ccc(OCC)cc1)S(=O)(=O)c1ccc(C)cc1. The van der Waals surface area contributed by atoms with Crippen LogP contribution in [0, 0.1) is 13.8 Å². The lowest BCUT2D eigenvalue weighted by molar-refractivity contribution is -0.140. The molecule has 0 fully saturated rings. The molecule has 0 aliphatic rings. The summed E-state index contributed by atoms with van der Waals surface area (Å²) in [5.74, 6) is -0.192. The van der Waals surface area contributed by atoms with E-state index in [1.807, 2.05) is 82.3 Å². The molecule has 4 aromatic carbocycles. The highest BCUT2D eigenvalue weighted by Crippen LogP contribution is 2.27. The Labute approximate surface area is 279 Å². The fourth-order valence-corrected chi connectivity index (χ4v) is 6.72. The molecular weight excluding hydrogens is 611 g/mol. The quantitative estimate of drug-likeness (QED) is 0.140. The van der Waals surface area contributed by atoms with E-state index in [0.29, 0.717) is 24.6 Å². The van der Waals surface area contributed by atoms with Crippen LogP contribution < -0.4 is 14.4 Å². The highest BCUT2D eigenvalue weighted by molar-refractivity contribution is 7.92. The van der Waals surface area contributed by atoms with Crippen molar-refractivity contribution in [3.8, 4) is 5.75 Å². The minimum absolute atomic E-state index is 0.0631. The predicted molar refractivity (Wildman–Crippen MR) is 187 cm³/mol. The molecule has 0 saturated carbocycles. The maximum atomic E-state index is 14.6. The summed E-state index contributed by atoms with van der Waals surface area (Å²) in [6, 6.07) is 29.6. The fourth-order valence-electron chi connectivity index (χ4n) is 5.31. The van der Waals surface area contributed by atoms with Crippen LogP contribution >= 0.6 is 0 Å². The third-order valence-corrected chi connectivity index (χ3v) is 9.65. The second kappa shape index (κ2) is 16.8. The summed E-state index contributed by atoms with van der Waals surface area (Å²) in [5.41, 5.74) is 3.96. The number of benzene rings is 4. The van der Waals surface area contributed by atoms with Crippen molar-refractivity contribution in [1.82, 2.24) is 10.2 Å². The smallest absolute Gasteiger partial charge is 0.264 e. The van der Waals surface area contributed by atoms with Crippen LogP contribution in [0.25, 0.3) is 0 Å². The maximum Gasteiger partial charge on any atom is 0.264 e. The number of anilines is 1. The molecule has 8 nitrogen and oxygen atoms in total. The van der Waals surface area contributed by atoms with E-state index in [4.69, 9.17) is 4.74 Å². The van der Waals surface area contributed by atoms with Gasteiger partial charge in [-0.1, -0.05) is 91.2 Å². The van der Waals surface area contributed by atoms with Crippen molar-refractivity contribution in [3.63, 3.8) is 0 Å². The molecule has 4 aromatic rings. The molecule has 0 saturated heterocycles. The molecule has 0 spiro atoms. The Morgan fingerprint density at radius 2 is 1.49 bits per heavy atom. The van der Waals surface area contributed by atoms with Gasteiger partial charge in [0.1, 0.15) is 18.3 Å². The first kappa shape index (κ1) is 35.2. The molecule has 1 N–H and O–H groups in total. The zero-order chi connectivity index (χ0) is 33.8. The normalized spacial score (nSPS) is 11.8. The van der Waals surface area contributed by atoms with Gasteiger partial charge >= 0.3 is 0 Å². The van der Waals surface area contributed by atoms with Crippen LogP contribution in [0.5, 0.6) is 5.75 Å². The number of ether oxygens (including phenoxy) is 1. The van der Waals surface area contributed by atoms with Gasteiger partial charge in [0.2, 0.25) is 11.8 Å². The first-order chi connectivity index (χ1) is 22.6. The average molecular weight is 656 g/mol. The van der Waals surface area contributed by atoms with Gasteiger partial charge in [0.15, 0.2) is 0 Å². The molecule has 1 unspecified atom stereocenters. The number of carbonyl (C=O) groups excluding carboxylic acids is 2. The van der Waals surface area contributed by atoms with Crippen molar-refractivity contribution in [2.75, 3.05) is 24.0 Å². The number of sulfonamides is 1. The number of hydrogen-bond donors (Lipinski definition) is 1. The monoisotopic (exact) mass is 655 g/mol. The van der Waals surface area contributed by atoms with Gasteiger partial charge in [-0.05, 0) is 74.7 Å². The molecule has 0 aliphatic carbocycles. The van der Waals surface area contributed by atoms with Crippen LogP contribution in [-0.4, -0.2) is 50.9 Å². The van der Waals surface area contributed by atoms with Gasteiger partial charge in [-0.2, -0.15) is 0 Å². The van der Waals surface area contributed by atoms with Gasteiger partial charge < -0.3 is 15.0 Å². The summed E-state index contributed by atoms with van der Waals surface area (Å²) in [7, 11) is -4.18. The highest BCUT2D eigenvalue weighted by atomic mass is 32.2. The van der Waals surface area contributed by atoms with Crippen molar-refractivity contribution >= 4 is 27.5 Å². The van der Waals surface area contributed by atoms with Gasteiger partial charge in [-0.3, -0.25) is 13.9 Å². The van der Waals surface area contributed by atoms with Crippen molar-refractivity contribution in [2.45, 2.75) is 64.4 Å². The number of nitrogens with one attached hydrogen (secondary N) is 1. The Morgan fingerprint density at radius 3 is 2.13 bits per heavy atom. The van der Waals surface area contributed by atoms with E-state index in [-0.39, 0.29) is 23.8 Å². The minimum Gasteiger partial charge on any atom is -0.494 e. The molecule has 0 radical (unpaired) electrons. The van der Waals surface area contributed by atoms with E-state index in [2.05, 4.69) is 5.32 Å². The summed E-state index contributed by atoms with van der Waals surface area (Å²) in [6.45, 7) is 8.32. The number of hydrogen-bond acceptors (Lipinski definition) is 5. The van der Waals surface area contributed by atoms with Crippen molar-refractivity contribution in [3.05, 3.63) is 125 Å². The number of nitrogens with zero attached hydrogens (tertiary/aromatic N) is 2. The maximum absolute atomic E-state index is 14.6. The molecule has 47 heavy (non-hydrogen) atoms. The standard InChI is InChI=1S/C38H45N3O5S/c1-5-7-24-39-38(43)36(26-31-13-9-8-10-14-31)40(27-32-15-11-12-30(4)25-32)37(42)28-41(33-18-20-34(21-19-33)46-6-2)47(44,45)35-22-16-29(3)17-23-35/h8-23,25,36H,5-7,24,26-28H2,1-4H3,(H,39,43). The van der Waals surface area contributed by atoms with Gasteiger partial charge in [0.05, 0.1) is 17.2 Å². The largest absolute Gasteiger partial charge is 0.494 e. The molecule has 0 aliphatic heterocycles. The lowest BCUT2D eigenvalue weighted by Crippen LogP contribution is -2.53. The molecule has 9 heteroatoms. The first-order valence-corrected chi connectivity index (χ1v) is 17.5. The Balaban J connectivity index is 1.79. The van der Waals surface area contributed by atoms with Crippen LogP contribution in [0.2, 0.25) is 0 Å². The van der Waals surface area contributed by atoms with Crippen molar-refractivity contribution in [1.29, 1.82) is 0 Å². The predicted octanol–water partition coefficient (Wildman–Crippen LogP) is 6.45. The summed E-state index contributed by atoms with van der Waals surface area (Å²) >= 11 is 0. The van der Waals surface area contributed by atoms with Crippen molar-refractivity contribution < 1.29 is 22.7 Å². The van der Waals surface area contributed by atoms with Gasteiger partial charge in [-0.15, -0.1) is 0 Å². The molecule has 0 heterocycles. The molecule has 2 amide bonds. The van der Waals surface area contributed by atoms with E-state index in [1.54, 1.807) is 48.5 Å². The number of amides is 2. The Bertz CT molecular complexity index is 1710. The number of rotatable bonds is 16. The Morgan fingerprint density at radius 1 is 0.809 bits per heavy atom. The first-order valence-electron chi connectivity index (χ1n) is 16.1. The van der Waals surface area contributed by atoms with E-state index in [0.717, 1.165) is 39.4 Å². The zero-order valence-electron chi connectivity index (χ0n) is 27.7. The third kappa shape index (κ3) is 9.68. The molecule has 248 valence electrons. The molecule has 1 atom stereocenters.